The fraction of sp³-hybridized carbons (Fsp3) is 0.211. The number of ether oxygens (including phenoxy) is 1. The molecule has 0 radical (unpaired) electrons. The topological polar surface area (TPSA) is 79.4 Å². The van der Waals surface area contributed by atoms with Crippen LogP contribution in [0.4, 0.5) is 11.4 Å². The van der Waals surface area contributed by atoms with E-state index in [4.69, 9.17) is 4.74 Å². The summed E-state index contributed by atoms with van der Waals surface area (Å²) in [5, 5.41) is 20.1. The highest BCUT2D eigenvalue weighted by Crippen LogP contribution is 2.22. The summed E-state index contributed by atoms with van der Waals surface area (Å²) in [5.74, 6) is 0. The molecule has 1 heterocycles. The van der Waals surface area contributed by atoms with E-state index in [2.05, 4.69) is 11.0 Å². The van der Waals surface area contributed by atoms with Crippen molar-refractivity contribution in [3.63, 3.8) is 0 Å². The van der Waals surface area contributed by atoms with E-state index in [-0.39, 0.29) is 5.69 Å². The van der Waals surface area contributed by atoms with Gasteiger partial charge in [0.2, 0.25) is 0 Å². The van der Waals surface area contributed by atoms with Gasteiger partial charge in [0, 0.05) is 30.9 Å². The van der Waals surface area contributed by atoms with Crippen LogP contribution in [0.2, 0.25) is 0 Å². The van der Waals surface area contributed by atoms with Crippen LogP contribution in [-0.2, 0) is 4.74 Å². The number of morpholine rings is 1. The number of benzene rings is 2. The molecule has 0 bridgehead atoms. The highest BCUT2D eigenvalue weighted by Gasteiger charge is 2.11. The smallest absolute Gasteiger partial charge is 0.269 e. The predicted octanol–water partition coefficient (Wildman–Crippen LogP) is 3.50. The van der Waals surface area contributed by atoms with Gasteiger partial charge < -0.3 is 9.64 Å². The van der Waals surface area contributed by atoms with Crippen molar-refractivity contribution in [2.75, 3.05) is 31.2 Å². The lowest BCUT2D eigenvalue weighted by Gasteiger charge is -2.28. The second kappa shape index (κ2) is 7.60. The van der Waals surface area contributed by atoms with E-state index < -0.39 is 4.92 Å². The largest absolute Gasteiger partial charge is 0.378 e. The molecule has 6 heteroatoms. The zero-order valence-corrected chi connectivity index (χ0v) is 13.6. The number of nitrogens with zero attached hydrogens (tertiary/aromatic N) is 3. The number of rotatable bonds is 4. The van der Waals surface area contributed by atoms with E-state index in [0.717, 1.165) is 37.6 Å². The molecule has 0 aliphatic carbocycles. The first-order valence-corrected chi connectivity index (χ1v) is 7.97. The van der Waals surface area contributed by atoms with Gasteiger partial charge in [-0.15, -0.1) is 0 Å². The Morgan fingerprint density at radius 3 is 2.32 bits per heavy atom. The lowest BCUT2D eigenvalue weighted by atomic mass is 10.0. The Hall–Kier alpha value is -3.17. The lowest BCUT2D eigenvalue weighted by molar-refractivity contribution is -0.384. The number of nitriles is 1. The quantitative estimate of drug-likeness (QED) is 0.370. The zero-order chi connectivity index (χ0) is 17.6. The Morgan fingerprint density at radius 1 is 1.12 bits per heavy atom. The number of anilines is 1. The standard InChI is InChI=1S/C19H17N3O3/c20-14-17(16-3-7-19(8-4-16)22(23)24)13-15-1-5-18(6-2-15)21-9-11-25-12-10-21/h1-8,13H,9-12H2/b17-13+. The van der Waals surface area contributed by atoms with Gasteiger partial charge in [-0.1, -0.05) is 12.1 Å². The third kappa shape index (κ3) is 4.03. The molecule has 0 amide bonds. The molecule has 25 heavy (non-hydrogen) atoms. The van der Waals surface area contributed by atoms with Gasteiger partial charge in [-0.25, -0.2) is 0 Å². The van der Waals surface area contributed by atoms with Crippen LogP contribution < -0.4 is 4.90 Å². The van der Waals surface area contributed by atoms with Crippen LogP contribution in [0.3, 0.4) is 0 Å². The minimum atomic E-state index is -0.454. The number of nitro groups is 1. The third-order valence-corrected chi connectivity index (χ3v) is 4.09. The maximum absolute atomic E-state index is 10.7. The van der Waals surface area contributed by atoms with Gasteiger partial charge in [-0.05, 0) is 41.5 Å². The molecule has 126 valence electrons. The summed E-state index contributed by atoms with van der Waals surface area (Å²) >= 11 is 0. The molecule has 0 spiro atoms. The summed E-state index contributed by atoms with van der Waals surface area (Å²) in [5.41, 5.74) is 3.18. The normalized spacial score (nSPS) is 14.8. The number of allylic oxidation sites excluding steroid dienone is 1. The number of nitro benzene ring substituents is 1. The fourth-order valence-electron chi connectivity index (χ4n) is 2.71. The second-order valence-corrected chi connectivity index (χ2v) is 5.66. The molecule has 0 N–H and O–H groups in total. The van der Waals surface area contributed by atoms with E-state index in [1.807, 2.05) is 24.3 Å². The van der Waals surface area contributed by atoms with E-state index >= 15 is 0 Å². The van der Waals surface area contributed by atoms with Crippen molar-refractivity contribution in [2.24, 2.45) is 0 Å². The summed E-state index contributed by atoms with van der Waals surface area (Å²) in [6, 6.07) is 16.1. The van der Waals surface area contributed by atoms with Gasteiger partial charge in [0.15, 0.2) is 0 Å². The Labute approximate surface area is 145 Å². The third-order valence-electron chi connectivity index (χ3n) is 4.09. The Bertz CT molecular complexity index is 814. The highest BCUT2D eigenvalue weighted by molar-refractivity contribution is 5.89. The minimum absolute atomic E-state index is 0.0101. The van der Waals surface area contributed by atoms with Crippen LogP contribution in [0.25, 0.3) is 11.6 Å². The zero-order valence-electron chi connectivity index (χ0n) is 13.6. The second-order valence-electron chi connectivity index (χ2n) is 5.66. The summed E-state index contributed by atoms with van der Waals surface area (Å²) in [6.45, 7) is 3.23. The first kappa shape index (κ1) is 16.7. The van der Waals surface area contributed by atoms with Gasteiger partial charge >= 0.3 is 0 Å². The first-order chi connectivity index (χ1) is 12.2. The molecule has 0 unspecified atom stereocenters. The van der Waals surface area contributed by atoms with Gasteiger partial charge in [0.05, 0.1) is 29.8 Å². The number of non-ortho nitro benzene ring substituents is 1. The minimum Gasteiger partial charge on any atom is -0.378 e. The molecular weight excluding hydrogens is 318 g/mol. The van der Waals surface area contributed by atoms with Crippen LogP contribution in [0, 0.1) is 21.4 Å². The molecule has 0 atom stereocenters. The number of hydrogen-bond donors (Lipinski definition) is 0. The van der Waals surface area contributed by atoms with Crippen molar-refractivity contribution >= 4 is 23.0 Å². The maximum Gasteiger partial charge on any atom is 0.269 e. The van der Waals surface area contributed by atoms with Crippen LogP contribution in [0.5, 0.6) is 0 Å². The van der Waals surface area contributed by atoms with E-state index in [9.17, 15) is 15.4 Å². The molecule has 0 aromatic heterocycles. The highest BCUT2D eigenvalue weighted by atomic mass is 16.6. The molecular formula is C19H17N3O3. The molecule has 1 fully saturated rings. The van der Waals surface area contributed by atoms with Crippen LogP contribution in [-0.4, -0.2) is 31.2 Å². The summed E-state index contributed by atoms with van der Waals surface area (Å²) < 4.78 is 5.35. The molecule has 6 nitrogen and oxygen atoms in total. The maximum atomic E-state index is 10.7. The average Bonchev–Trinajstić information content (AvgIpc) is 2.67. The van der Waals surface area contributed by atoms with Crippen molar-refractivity contribution in [3.05, 3.63) is 69.8 Å². The molecule has 3 rings (SSSR count). The Balaban J connectivity index is 1.79. The SMILES string of the molecule is N#C/C(=C\c1ccc(N2CCOCC2)cc1)c1ccc([N+](=O)[O-])cc1. The summed E-state index contributed by atoms with van der Waals surface area (Å²) in [4.78, 5) is 12.5. The molecule has 1 aliphatic heterocycles. The Kier molecular flexibility index (Phi) is 5.07. The van der Waals surface area contributed by atoms with Gasteiger partial charge in [0.1, 0.15) is 0 Å². The monoisotopic (exact) mass is 335 g/mol. The van der Waals surface area contributed by atoms with Gasteiger partial charge in [0.25, 0.3) is 5.69 Å². The molecule has 1 aliphatic rings. The lowest BCUT2D eigenvalue weighted by Crippen LogP contribution is -2.36. The average molecular weight is 335 g/mol. The molecule has 1 saturated heterocycles. The predicted molar refractivity (Wildman–Crippen MR) is 96.1 cm³/mol. The van der Waals surface area contributed by atoms with Crippen molar-refractivity contribution in [1.82, 2.24) is 0 Å². The van der Waals surface area contributed by atoms with Crippen molar-refractivity contribution in [3.8, 4) is 6.07 Å². The number of hydrogen-bond acceptors (Lipinski definition) is 5. The van der Waals surface area contributed by atoms with Crippen LogP contribution in [0.15, 0.2) is 48.5 Å². The molecule has 2 aromatic rings. The summed E-state index contributed by atoms with van der Waals surface area (Å²) in [6.07, 6.45) is 1.78. The van der Waals surface area contributed by atoms with E-state index in [0.29, 0.717) is 11.1 Å². The van der Waals surface area contributed by atoms with Gasteiger partial charge in [-0.2, -0.15) is 5.26 Å². The van der Waals surface area contributed by atoms with Crippen molar-refractivity contribution < 1.29 is 9.66 Å². The Morgan fingerprint density at radius 2 is 1.76 bits per heavy atom. The molecule has 2 aromatic carbocycles. The van der Waals surface area contributed by atoms with Crippen molar-refractivity contribution in [2.45, 2.75) is 0 Å². The van der Waals surface area contributed by atoms with E-state index in [1.54, 1.807) is 18.2 Å². The van der Waals surface area contributed by atoms with Gasteiger partial charge in [-0.3, -0.25) is 10.1 Å². The van der Waals surface area contributed by atoms with E-state index in [1.165, 1.54) is 12.1 Å². The van der Waals surface area contributed by atoms with Crippen LogP contribution >= 0.6 is 0 Å². The fourth-order valence-corrected chi connectivity index (χ4v) is 2.71. The molecule has 0 saturated carbocycles. The summed E-state index contributed by atoms with van der Waals surface area (Å²) in [7, 11) is 0. The van der Waals surface area contributed by atoms with Crippen molar-refractivity contribution in [1.29, 1.82) is 5.26 Å². The van der Waals surface area contributed by atoms with Crippen LogP contribution in [0.1, 0.15) is 11.1 Å². The first-order valence-electron chi connectivity index (χ1n) is 7.97.